The average Bonchev–Trinajstić information content (AvgIpc) is 2.43. The Hall–Kier alpha value is -1.09. The van der Waals surface area contributed by atoms with E-state index < -0.39 is 0 Å². The van der Waals surface area contributed by atoms with Crippen molar-refractivity contribution >= 4 is 5.69 Å². The van der Waals surface area contributed by atoms with Crippen molar-refractivity contribution in [2.45, 2.75) is 13.8 Å². The van der Waals surface area contributed by atoms with Gasteiger partial charge in [-0.25, -0.2) is 0 Å². The summed E-state index contributed by atoms with van der Waals surface area (Å²) in [5, 5.41) is 3.45. The molecule has 1 aliphatic heterocycles. The highest BCUT2D eigenvalue weighted by Gasteiger charge is 2.15. The second-order valence-electron chi connectivity index (χ2n) is 4.42. The predicted octanol–water partition coefficient (Wildman–Crippen LogP) is 1.44. The lowest BCUT2D eigenvalue weighted by Crippen LogP contribution is -2.29. The first-order chi connectivity index (χ1) is 7.27. The fraction of sp³-hybridized carbons (Fsp3) is 0.583. The Bertz CT molecular complexity index is 324. The fourth-order valence-corrected chi connectivity index (χ4v) is 2.10. The molecule has 3 heteroatoms. The van der Waals surface area contributed by atoms with Crippen molar-refractivity contribution in [2.24, 2.45) is 5.92 Å². The molecule has 0 radical (unpaired) electrons. The van der Waals surface area contributed by atoms with Gasteiger partial charge in [-0.3, -0.25) is 4.98 Å². The van der Waals surface area contributed by atoms with Crippen molar-refractivity contribution in [2.75, 3.05) is 31.1 Å². The van der Waals surface area contributed by atoms with E-state index >= 15 is 0 Å². The normalized spacial score (nSPS) is 22.5. The van der Waals surface area contributed by atoms with Gasteiger partial charge in [0.1, 0.15) is 0 Å². The molecule has 0 aromatic carbocycles. The lowest BCUT2D eigenvalue weighted by atomic mass is 10.1. The van der Waals surface area contributed by atoms with Crippen LogP contribution in [0.2, 0.25) is 0 Å². The van der Waals surface area contributed by atoms with Crippen LogP contribution in [0.15, 0.2) is 18.5 Å². The summed E-state index contributed by atoms with van der Waals surface area (Å²) in [6.45, 7) is 8.84. The quantitative estimate of drug-likeness (QED) is 0.752. The highest BCUT2D eigenvalue weighted by Crippen LogP contribution is 2.19. The molecule has 0 aliphatic carbocycles. The predicted molar refractivity (Wildman–Crippen MR) is 63.2 cm³/mol. The molecule has 2 heterocycles. The largest absolute Gasteiger partial charge is 0.368 e. The van der Waals surface area contributed by atoms with Gasteiger partial charge in [-0.15, -0.1) is 0 Å². The van der Waals surface area contributed by atoms with E-state index in [1.807, 2.05) is 12.4 Å². The van der Waals surface area contributed by atoms with Crippen molar-refractivity contribution in [3.63, 3.8) is 0 Å². The van der Waals surface area contributed by atoms with Crippen molar-refractivity contribution in [3.05, 3.63) is 24.0 Å². The highest BCUT2D eigenvalue weighted by atomic mass is 15.2. The number of pyridine rings is 1. The zero-order valence-corrected chi connectivity index (χ0v) is 9.53. The van der Waals surface area contributed by atoms with Gasteiger partial charge in [0.05, 0.1) is 11.9 Å². The number of rotatable bonds is 1. The van der Waals surface area contributed by atoms with Crippen LogP contribution in [0.4, 0.5) is 5.69 Å². The molecular weight excluding hydrogens is 186 g/mol. The van der Waals surface area contributed by atoms with Crippen LogP contribution in [-0.2, 0) is 0 Å². The number of aromatic nitrogens is 1. The van der Waals surface area contributed by atoms with E-state index in [0.29, 0.717) is 5.92 Å². The summed E-state index contributed by atoms with van der Waals surface area (Å²) >= 11 is 0. The smallest absolute Gasteiger partial charge is 0.0582 e. The van der Waals surface area contributed by atoms with Gasteiger partial charge in [-0.2, -0.15) is 0 Å². The van der Waals surface area contributed by atoms with Gasteiger partial charge in [-0.05, 0) is 31.0 Å². The second kappa shape index (κ2) is 4.62. The van der Waals surface area contributed by atoms with Crippen LogP contribution in [-0.4, -0.2) is 31.2 Å². The molecule has 1 fully saturated rings. The van der Waals surface area contributed by atoms with Crippen LogP contribution < -0.4 is 10.2 Å². The summed E-state index contributed by atoms with van der Waals surface area (Å²) in [6.07, 6.45) is 3.84. The maximum absolute atomic E-state index is 4.21. The number of hydrogen-bond donors (Lipinski definition) is 1. The number of nitrogens with zero attached hydrogens (tertiary/aromatic N) is 2. The van der Waals surface area contributed by atoms with Crippen LogP contribution in [0.3, 0.4) is 0 Å². The van der Waals surface area contributed by atoms with E-state index in [4.69, 9.17) is 0 Å². The van der Waals surface area contributed by atoms with Gasteiger partial charge in [0.2, 0.25) is 0 Å². The molecule has 0 saturated carbocycles. The van der Waals surface area contributed by atoms with Gasteiger partial charge >= 0.3 is 0 Å². The topological polar surface area (TPSA) is 28.2 Å². The summed E-state index contributed by atoms with van der Waals surface area (Å²) in [4.78, 5) is 6.65. The molecule has 82 valence electrons. The number of aryl methyl sites for hydroxylation is 1. The zero-order chi connectivity index (χ0) is 10.7. The third-order valence-corrected chi connectivity index (χ3v) is 2.94. The van der Waals surface area contributed by atoms with Crippen LogP contribution in [0.1, 0.15) is 12.5 Å². The molecule has 1 N–H and O–H groups in total. The van der Waals surface area contributed by atoms with Crippen LogP contribution >= 0.6 is 0 Å². The van der Waals surface area contributed by atoms with Crippen molar-refractivity contribution in [3.8, 4) is 0 Å². The number of nitrogens with one attached hydrogen (secondary N) is 1. The third kappa shape index (κ3) is 2.48. The van der Waals surface area contributed by atoms with Crippen molar-refractivity contribution in [1.82, 2.24) is 10.3 Å². The molecule has 1 saturated heterocycles. The fourth-order valence-electron chi connectivity index (χ4n) is 2.10. The summed E-state index contributed by atoms with van der Waals surface area (Å²) in [5.41, 5.74) is 2.60. The summed E-state index contributed by atoms with van der Waals surface area (Å²) in [5.74, 6) is 0.701. The van der Waals surface area contributed by atoms with E-state index in [-0.39, 0.29) is 0 Å². The molecule has 0 bridgehead atoms. The molecule has 1 aromatic rings. The number of hydrogen-bond acceptors (Lipinski definition) is 3. The molecule has 15 heavy (non-hydrogen) atoms. The Morgan fingerprint density at radius 3 is 3.20 bits per heavy atom. The minimum atomic E-state index is 0.701. The SMILES string of the molecule is Cc1ccncc1N1CCNCC(C)C1. The molecule has 1 aliphatic rings. The standard InChI is InChI=1S/C12H19N3/c1-10-7-14-5-6-15(9-10)12-8-13-4-3-11(12)2/h3-4,8,10,14H,5-7,9H2,1-2H3. The molecule has 1 atom stereocenters. The van der Waals surface area contributed by atoms with E-state index in [2.05, 4.69) is 35.1 Å². The average molecular weight is 205 g/mol. The molecule has 3 nitrogen and oxygen atoms in total. The maximum atomic E-state index is 4.21. The van der Waals surface area contributed by atoms with Gasteiger partial charge in [0.15, 0.2) is 0 Å². The van der Waals surface area contributed by atoms with Gasteiger partial charge in [-0.1, -0.05) is 6.92 Å². The maximum Gasteiger partial charge on any atom is 0.0582 e. The van der Waals surface area contributed by atoms with Crippen LogP contribution in [0, 0.1) is 12.8 Å². The first-order valence-electron chi connectivity index (χ1n) is 5.63. The zero-order valence-electron chi connectivity index (χ0n) is 9.53. The van der Waals surface area contributed by atoms with E-state index in [1.165, 1.54) is 11.3 Å². The van der Waals surface area contributed by atoms with Crippen molar-refractivity contribution < 1.29 is 0 Å². The molecular formula is C12H19N3. The lowest BCUT2D eigenvalue weighted by molar-refractivity contribution is 0.563. The third-order valence-electron chi connectivity index (χ3n) is 2.94. The monoisotopic (exact) mass is 205 g/mol. The lowest BCUT2D eigenvalue weighted by Gasteiger charge is -2.25. The van der Waals surface area contributed by atoms with E-state index in [9.17, 15) is 0 Å². The van der Waals surface area contributed by atoms with E-state index in [1.54, 1.807) is 0 Å². The second-order valence-corrected chi connectivity index (χ2v) is 4.42. The Labute approximate surface area is 91.5 Å². The van der Waals surface area contributed by atoms with Crippen molar-refractivity contribution in [1.29, 1.82) is 0 Å². The number of anilines is 1. The first kappa shape index (κ1) is 10.4. The highest BCUT2D eigenvalue weighted by molar-refractivity contribution is 5.51. The van der Waals surface area contributed by atoms with Gasteiger partial charge in [0.25, 0.3) is 0 Å². The van der Waals surface area contributed by atoms with Crippen LogP contribution in [0.25, 0.3) is 0 Å². The molecule has 0 amide bonds. The molecule has 2 rings (SSSR count). The molecule has 1 unspecified atom stereocenters. The van der Waals surface area contributed by atoms with Gasteiger partial charge in [0, 0.05) is 25.8 Å². The first-order valence-corrected chi connectivity index (χ1v) is 5.63. The minimum Gasteiger partial charge on any atom is -0.368 e. The van der Waals surface area contributed by atoms with Crippen LogP contribution in [0.5, 0.6) is 0 Å². The Morgan fingerprint density at radius 2 is 2.40 bits per heavy atom. The molecule has 0 spiro atoms. The molecule has 1 aromatic heterocycles. The summed E-state index contributed by atoms with van der Waals surface area (Å²) in [7, 11) is 0. The Morgan fingerprint density at radius 1 is 1.53 bits per heavy atom. The summed E-state index contributed by atoms with van der Waals surface area (Å²) < 4.78 is 0. The minimum absolute atomic E-state index is 0.701. The Balaban J connectivity index is 2.18. The summed E-state index contributed by atoms with van der Waals surface area (Å²) in [6, 6.07) is 2.08. The Kier molecular flexibility index (Phi) is 3.21. The van der Waals surface area contributed by atoms with Gasteiger partial charge < -0.3 is 10.2 Å². The van der Waals surface area contributed by atoms with E-state index in [0.717, 1.165) is 26.2 Å².